The van der Waals surface area contributed by atoms with Crippen LogP contribution in [0, 0.1) is 0 Å². The van der Waals surface area contributed by atoms with E-state index in [1.54, 1.807) is 16.4 Å². The molecule has 1 aliphatic heterocycles. The fourth-order valence-corrected chi connectivity index (χ4v) is 3.75. The topological polar surface area (TPSA) is 132 Å². The van der Waals surface area contributed by atoms with Gasteiger partial charge < -0.3 is 23.8 Å². The average molecular weight is 491 g/mol. The van der Waals surface area contributed by atoms with E-state index in [4.69, 9.17) is 9.47 Å². The maximum atomic E-state index is 12.8. The molecule has 2 aromatic heterocycles. The lowest BCUT2D eigenvalue weighted by atomic mass is 10.2. The molecule has 0 saturated carbocycles. The highest BCUT2D eigenvalue weighted by molar-refractivity contribution is 5.77. The smallest absolute Gasteiger partial charge is 0.410 e. The molecule has 1 fully saturated rings. The SMILES string of the molecule is CCOC(=O)Cn1c(=O)[nH]c(=O)c2c1nc(N1CCN(C(=O)OC(C)(C)C)CC1)n2CC=C(C)C. The van der Waals surface area contributed by atoms with E-state index >= 15 is 0 Å². The number of imidazole rings is 1. The van der Waals surface area contributed by atoms with Gasteiger partial charge in [0.05, 0.1) is 6.61 Å². The number of fused-ring (bicyclic) bond motifs is 1. The monoisotopic (exact) mass is 490 g/mol. The van der Waals surface area contributed by atoms with Gasteiger partial charge in [0.15, 0.2) is 11.2 Å². The van der Waals surface area contributed by atoms with E-state index in [2.05, 4.69) is 9.97 Å². The highest BCUT2D eigenvalue weighted by atomic mass is 16.6. The minimum absolute atomic E-state index is 0.110. The van der Waals surface area contributed by atoms with Crippen molar-refractivity contribution in [3.63, 3.8) is 0 Å². The van der Waals surface area contributed by atoms with Crippen molar-refractivity contribution in [1.82, 2.24) is 24.0 Å². The minimum Gasteiger partial charge on any atom is -0.465 e. The number of aromatic amines is 1. The zero-order valence-corrected chi connectivity index (χ0v) is 21.2. The van der Waals surface area contributed by atoms with E-state index in [1.165, 1.54) is 0 Å². The molecule has 0 radical (unpaired) electrons. The summed E-state index contributed by atoms with van der Waals surface area (Å²) in [7, 11) is 0. The second kappa shape index (κ2) is 10.4. The summed E-state index contributed by atoms with van der Waals surface area (Å²) in [6, 6.07) is 0. The molecule has 192 valence electrons. The number of rotatable bonds is 6. The molecule has 3 heterocycles. The number of H-pyrrole nitrogens is 1. The zero-order valence-electron chi connectivity index (χ0n) is 21.2. The molecule has 1 amide bonds. The highest BCUT2D eigenvalue weighted by Crippen LogP contribution is 2.22. The Balaban J connectivity index is 2.01. The number of nitrogens with one attached hydrogen (secondary N) is 1. The van der Waals surface area contributed by atoms with Crippen LogP contribution < -0.4 is 16.1 Å². The first-order chi connectivity index (χ1) is 16.4. The van der Waals surface area contributed by atoms with Crippen LogP contribution in [0.5, 0.6) is 0 Å². The van der Waals surface area contributed by atoms with Gasteiger partial charge in [0.25, 0.3) is 5.56 Å². The van der Waals surface area contributed by atoms with Gasteiger partial charge in [0.1, 0.15) is 12.1 Å². The number of nitrogens with zero attached hydrogens (tertiary/aromatic N) is 5. The van der Waals surface area contributed by atoms with Crippen LogP contribution >= 0.6 is 0 Å². The number of anilines is 1. The predicted molar refractivity (Wildman–Crippen MR) is 131 cm³/mol. The van der Waals surface area contributed by atoms with Crippen LogP contribution in [0.25, 0.3) is 11.2 Å². The third-order valence-corrected chi connectivity index (χ3v) is 5.35. The van der Waals surface area contributed by atoms with E-state index < -0.39 is 22.8 Å². The van der Waals surface area contributed by atoms with Gasteiger partial charge in [0.2, 0.25) is 5.95 Å². The first kappa shape index (κ1) is 26.0. The molecule has 12 heteroatoms. The number of carbonyl (C=O) groups excluding carboxylic acids is 2. The van der Waals surface area contributed by atoms with Crippen molar-refractivity contribution in [2.75, 3.05) is 37.7 Å². The van der Waals surface area contributed by atoms with Gasteiger partial charge >= 0.3 is 17.8 Å². The Morgan fingerprint density at radius 3 is 2.31 bits per heavy atom. The first-order valence-electron chi connectivity index (χ1n) is 11.7. The van der Waals surface area contributed by atoms with Crippen LogP contribution in [0.2, 0.25) is 0 Å². The summed E-state index contributed by atoms with van der Waals surface area (Å²) in [5.74, 6) is -0.121. The van der Waals surface area contributed by atoms with Crippen molar-refractivity contribution in [3.8, 4) is 0 Å². The Morgan fingerprint density at radius 2 is 1.74 bits per heavy atom. The van der Waals surface area contributed by atoms with Crippen molar-refractivity contribution in [2.45, 2.75) is 60.2 Å². The quantitative estimate of drug-likeness (QED) is 0.476. The highest BCUT2D eigenvalue weighted by Gasteiger charge is 2.29. The predicted octanol–water partition coefficient (Wildman–Crippen LogP) is 1.47. The molecule has 1 aliphatic rings. The summed E-state index contributed by atoms with van der Waals surface area (Å²) in [4.78, 5) is 60.5. The summed E-state index contributed by atoms with van der Waals surface area (Å²) in [6.45, 7) is 12.9. The van der Waals surface area contributed by atoms with Gasteiger partial charge in [-0.2, -0.15) is 4.98 Å². The Bertz CT molecular complexity index is 1240. The fourth-order valence-electron chi connectivity index (χ4n) is 3.75. The van der Waals surface area contributed by atoms with Gasteiger partial charge in [-0.25, -0.2) is 9.59 Å². The van der Waals surface area contributed by atoms with Crippen molar-refractivity contribution in [2.24, 2.45) is 0 Å². The maximum absolute atomic E-state index is 12.8. The van der Waals surface area contributed by atoms with E-state index in [1.807, 2.05) is 45.6 Å². The Labute approximate surface area is 203 Å². The number of aromatic nitrogens is 4. The molecular formula is C23H34N6O6. The number of esters is 1. The van der Waals surface area contributed by atoms with E-state index in [0.717, 1.165) is 10.1 Å². The molecule has 1 saturated heterocycles. The van der Waals surface area contributed by atoms with Crippen molar-refractivity contribution in [1.29, 1.82) is 0 Å². The van der Waals surface area contributed by atoms with Gasteiger partial charge in [-0.05, 0) is 41.5 Å². The van der Waals surface area contributed by atoms with E-state index in [-0.39, 0.29) is 30.4 Å². The van der Waals surface area contributed by atoms with E-state index in [9.17, 15) is 19.2 Å². The van der Waals surface area contributed by atoms with Crippen LogP contribution in [0.1, 0.15) is 41.5 Å². The molecule has 2 aromatic rings. The first-order valence-corrected chi connectivity index (χ1v) is 11.7. The van der Waals surface area contributed by atoms with Gasteiger partial charge in [-0.3, -0.25) is 19.1 Å². The molecule has 1 N–H and O–H groups in total. The molecule has 0 aliphatic carbocycles. The van der Waals surface area contributed by atoms with Gasteiger partial charge in [0, 0.05) is 32.7 Å². The third kappa shape index (κ3) is 6.11. The number of allylic oxidation sites excluding steroid dienone is 2. The Kier molecular flexibility index (Phi) is 7.71. The molecule has 3 rings (SSSR count). The third-order valence-electron chi connectivity index (χ3n) is 5.35. The summed E-state index contributed by atoms with van der Waals surface area (Å²) >= 11 is 0. The number of piperazine rings is 1. The molecule has 0 unspecified atom stereocenters. The van der Waals surface area contributed by atoms with Gasteiger partial charge in [-0.1, -0.05) is 11.6 Å². The van der Waals surface area contributed by atoms with Gasteiger partial charge in [-0.15, -0.1) is 0 Å². The van der Waals surface area contributed by atoms with Crippen LogP contribution in [0.3, 0.4) is 0 Å². The maximum Gasteiger partial charge on any atom is 0.410 e. The number of carbonyl (C=O) groups is 2. The van der Waals surface area contributed by atoms with Crippen LogP contribution in [-0.4, -0.2) is 74.5 Å². The standard InChI is InChI=1S/C23H34N6O6/c1-7-34-16(30)14-29-18-17(19(31)25-21(29)32)28(9-8-15(2)3)20(24-18)26-10-12-27(13-11-26)22(33)35-23(4,5)6/h8H,7,9-14H2,1-6H3,(H,25,31,32). The van der Waals surface area contributed by atoms with Crippen LogP contribution in [-0.2, 0) is 27.4 Å². The largest absolute Gasteiger partial charge is 0.465 e. The van der Waals surface area contributed by atoms with Crippen LogP contribution in [0.4, 0.5) is 10.7 Å². The normalized spacial score (nSPS) is 14.2. The second-order valence-corrected chi connectivity index (χ2v) is 9.58. The average Bonchev–Trinajstić information content (AvgIpc) is 3.14. The molecule has 0 atom stereocenters. The second-order valence-electron chi connectivity index (χ2n) is 9.58. The summed E-state index contributed by atoms with van der Waals surface area (Å²) in [5, 5.41) is 0. The molecule has 0 spiro atoms. The number of amides is 1. The number of hydrogen-bond acceptors (Lipinski definition) is 8. The molecule has 35 heavy (non-hydrogen) atoms. The molecule has 0 aromatic carbocycles. The molecule has 0 bridgehead atoms. The number of hydrogen-bond donors (Lipinski definition) is 1. The fraction of sp³-hybridized carbons (Fsp3) is 0.609. The van der Waals surface area contributed by atoms with Crippen molar-refractivity contribution < 1.29 is 19.1 Å². The lowest BCUT2D eigenvalue weighted by molar-refractivity contribution is -0.143. The lowest BCUT2D eigenvalue weighted by Crippen LogP contribution is -2.50. The molecular weight excluding hydrogens is 456 g/mol. The minimum atomic E-state index is -0.733. The molecule has 12 nitrogen and oxygen atoms in total. The Hall–Kier alpha value is -3.57. The van der Waals surface area contributed by atoms with Crippen LogP contribution in [0.15, 0.2) is 21.2 Å². The summed E-state index contributed by atoms with van der Waals surface area (Å²) < 4.78 is 13.3. The zero-order chi connectivity index (χ0) is 25.9. The Morgan fingerprint density at radius 1 is 1.09 bits per heavy atom. The summed E-state index contributed by atoms with van der Waals surface area (Å²) in [5.41, 5.74) is -0.559. The van der Waals surface area contributed by atoms with Crippen molar-refractivity contribution >= 4 is 29.2 Å². The van der Waals surface area contributed by atoms with Crippen molar-refractivity contribution in [3.05, 3.63) is 32.5 Å². The number of ether oxygens (including phenoxy) is 2. The summed E-state index contributed by atoms with van der Waals surface area (Å²) in [6.07, 6.45) is 1.57. The van der Waals surface area contributed by atoms with E-state index in [0.29, 0.717) is 38.7 Å². The lowest BCUT2D eigenvalue weighted by Gasteiger charge is -2.36.